The first-order valence-electron chi connectivity index (χ1n) is 4.85. The quantitative estimate of drug-likeness (QED) is 0.744. The lowest BCUT2D eigenvalue weighted by Crippen LogP contribution is -2.49. The third kappa shape index (κ3) is 5.24. The summed E-state index contributed by atoms with van der Waals surface area (Å²) in [7, 11) is -3.19. The average molecular weight is 247 g/mol. The van der Waals surface area contributed by atoms with Gasteiger partial charge in [0.05, 0.1) is 19.0 Å². The van der Waals surface area contributed by atoms with Gasteiger partial charge in [0.2, 0.25) is 10.0 Å². The van der Waals surface area contributed by atoms with Gasteiger partial charge in [0.15, 0.2) is 6.39 Å². The molecule has 0 aromatic carbocycles. The molecule has 7 heteroatoms. The minimum atomic E-state index is -3.19. The lowest BCUT2D eigenvalue weighted by atomic mass is 10.1. The number of nitrogens with one attached hydrogen (secondary N) is 2. The summed E-state index contributed by atoms with van der Waals surface area (Å²) in [5.74, 6) is 0.718. The normalized spacial score (nSPS) is 12.9. The predicted molar refractivity (Wildman–Crippen MR) is 60.3 cm³/mol. The fourth-order valence-electron chi connectivity index (χ4n) is 1.37. The Labute approximate surface area is 95.5 Å². The highest BCUT2D eigenvalue weighted by atomic mass is 32.2. The molecule has 1 aromatic heterocycles. The standard InChI is InChI=1S/C9H17N3O3S/c1-9(2,12-16(3,13)14)6-10-4-8-5-11-7-15-8/h5,7,10,12H,4,6H2,1-3H3. The van der Waals surface area contributed by atoms with Crippen LogP contribution in [-0.2, 0) is 16.6 Å². The molecule has 6 nitrogen and oxygen atoms in total. The first kappa shape index (κ1) is 13.1. The maximum Gasteiger partial charge on any atom is 0.209 e. The van der Waals surface area contributed by atoms with Gasteiger partial charge in [-0.25, -0.2) is 18.1 Å². The third-order valence-corrected chi connectivity index (χ3v) is 2.73. The van der Waals surface area contributed by atoms with Crippen LogP contribution >= 0.6 is 0 Å². The molecule has 0 amide bonds. The Kier molecular flexibility index (Phi) is 4.06. The van der Waals surface area contributed by atoms with Gasteiger partial charge in [0.1, 0.15) is 5.76 Å². The van der Waals surface area contributed by atoms with E-state index < -0.39 is 15.6 Å². The van der Waals surface area contributed by atoms with E-state index in [-0.39, 0.29) is 0 Å². The molecule has 1 aromatic rings. The van der Waals surface area contributed by atoms with Crippen molar-refractivity contribution in [3.8, 4) is 0 Å². The molecule has 1 heterocycles. The number of hydrogen-bond acceptors (Lipinski definition) is 5. The summed E-state index contributed by atoms with van der Waals surface area (Å²) >= 11 is 0. The molecular formula is C9H17N3O3S. The molecule has 0 fully saturated rings. The van der Waals surface area contributed by atoms with E-state index in [2.05, 4.69) is 15.0 Å². The Balaban J connectivity index is 2.36. The van der Waals surface area contributed by atoms with Crippen LogP contribution in [-0.4, -0.2) is 31.7 Å². The number of rotatable bonds is 6. The molecule has 0 spiro atoms. The fraction of sp³-hybridized carbons (Fsp3) is 0.667. The molecule has 0 aliphatic heterocycles. The van der Waals surface area contributed by atoms with Crippen molar-refractivity contribution in [2.75, 3.05) is 12.8 Å². The predicted octanol–water partition coefficient (Wildman–Crippen LogP) is 0.0920. The van der Waals surface area contributed by atoms with Crippen molar-refractivity contribution in [2.45, 2.75) is 25.9 Å². The zero-order chi connectivity index (χ0) is 12.2. The number of sulfonamides is 1. The average Bonchev–Trinajstić information content (AvgIpc) is 2.51. The van der Waals surface area contributed by atoms with Gasteiger partial charge in [-0.1, -0.05) is 0 Å². The molecule has 0 unspecified atom stereocenters. The lowest BCUT2D eigenvalue weighted by molar-refractivity contribution is 0.403. The van der Waals surface area contributed by atoms with Crippen LogP contribution < -0.4 is 10.0 Å². The Morgan fingerprint density at radius 2 is 2.19 bits per heavy atom. The smallest absolute Gasteiger partial charge is 0.209 e. The Hall–Kier alpha value is -0.920. The summed E-state index contributed by atoms with van der Waals surface area (Å²) in [6.07, 6.45) is 4.12. The van der Waals surface area contributed by atoms with E-state index in [1.54, 1.807) is 20.0 Å². The van der Waals surface area contributed by atoms with E-state index in [0.29, 0.717) is 13.1 Å². The monoisotopic (exact) mass is 247 g/mol. The summed E-state index contributed by atoms with van der Waals surface area (Å²) in [5.41, 5.74) is -0.534. The fourth-order valence-corrected chi connectivity index (χ4v) is 2.44. The van der Waals surface area contributed by atoms with Gasteiger partial charge in [-0.15, -0.1) is 0 Å². The second-order valence-corrected chi connectivity index (χ2v) is 6.08. The molecule has 2 N–H and O–H groups in total. The molecule has 0 saturated heterocycles. The van der Waals surface area contributed by atoms with Gasteiger partial charge < -0.3 is 9.73 Å². The lowest BCUT2D eigenvalue weighted by Gasteiger charge is -2.25. The molecule has 0 saturated carbocycles. The van der Waals surface area contributed by atoms with Crippen molar-refractivity contribution in [1.29, 1.82) is 0 Å². The molecule has 0 radical (unpaired) electrons. The van der Waals surface area contributed by atoms with Crippen LogP contribution in [0.15, 0.2) is 17.0 Å². The minimum Gasteiger partial charge on any atom is -0.447 e. The first-order chi connectivity index (χ1) is 7.29. The number of oxazole rings is 1. The Morgan fingerprint density at radius 3 is 2.69 bits per heavy atom. The van der Waals surface area contributed by atoms with Crippen molar-refractivity contribution in [3.05, 3.63) is 18.4 Å². The summed E-state index contributed by atoms with van der Waals surface area (Å²) in [6, 6.07) is 0. The molecule has 1 rings (SSSR count). The highest BCUT2D eigenvalue weighted by molar-refractivity contribution is 7.88. The third-order valence-electron chi connectivity index (χ3n) is 1.81. The second kappa shape index (κ2) is 4.94. The van der Waals surface area contributed by atoms with E-state index in [9.17, 15) is 8.42 Å². The molecular weight excluding hydrogens is 230 g/mol. The van der Waals surface area contributed by atoms with Gasteiger partial charge in [-0.2, -0.15) is 0 Å². The molecule has 0 atom stereocenters. The highest BCUT2D eigenvalue weighted by Gasteiger charge is 2.21. The number of nitrogens with zero attached hydrogens (tertiary/aromatic N) is 1. The number of aromatic nitrogens is 1. The zero-order valence-corrected chi connectivity index (χ0v) is 10.5. The zero-order valence-electron chi connectivity index (χ0n) is 9.65. The van der Waals surface area contributed by atoms with Crippen LogP contribution in [0, 0.1) is 0 Å². The van der Waals surface area contributed by atoms with Crippen LogP contribution in [0.3, 0.4) is 0 Å². The van der Waals surface area contributed by atoms with Crippen LogP contribution in [0.25, 0.3) is 0 Å². The molecule has 0 bridgehead atoms. The molecule has 0 aliphatic rings. The van der Waals surface area contributed by atoms with Gasteiger partial charge >= 0.3 is 0 Å². The van der Waals surface area contributed by atoms with Crippen molar-refractivity contribution < 1.29 is 12.8 Å². The van der Waals surface area contributed by atoms with Crippen LogP contribution in [0.5, 0.6) is 0 Å². The van der Waals surface area contributed by atoms with Gasteiger partial charge in [0.25, 0.3) is 0 Å². The molecule has 92 valence electrons. The summed E-state index contributed by atoms with van der Waals surface area (Å²) in [5, 5.41) is 3.09. The maximum absolute atomic E-state index is 11.1. The van der Waals surface area contributed by atoms with E-state index in [0.717, 1.165) is 12.0 Å². The van der Waals surface area contributed by atoms with Crippen LogP contribution in [0.2, 0.25) is 0 Å². The van der Waals surface area contributed by atoms with E-state index in [4.69, 9.17) is 4.42 Å². The van der Waals surface area contributed by atoms with Crippen LogP contribution in [0.4, 0.5) is 0 Å². The topological polar surface area (TPSA) is 84.2 Å². The molecule has 16 heavy (non-hydrogen) atoms. The Morgan fingerprint density at radius 1 is 1.50 bits per heavy atom. The number of hydrogen-bond donors (Lipinski definition) is 2. The van der Waals surface area contributed by atoms with Crippen LogP contribution in [0.1, 0.15) is 19.6 Å². The van der Waals surface area contributed by atoms with Crippen molar-refractivity contribution in [1.82, 2.24) is 15.0 Å². The summed E-state index contributed by atoms with van der Waals surface area (Å²) in [4.78, 5) is 3.78. The second-order valence-electron chi connectivity index (χ2n) is 4.33. The maximum atomic E-state index is 11.1. The van der Waals surface area contributed by atoms with Gasteiger partial charge in [0, 0.05) is 12.1 Å². The largest absolute Gasteiger partial charge is 0.447 e. The highest BCUT2D eigenvalue weighted by Crippen LogP contribution is 2.03. The SMILES string of the molecule is CC(C)(CNCc1cnco1)NS(C)(=O)=O. The Bertz CT molecular complexity index is 411. The van der Waals surface area contributed by atoms with E-state index in [1.165, 1.54) is 6.39 Å². The van der Waals surface area contributed by atoms with Crippen molar-refractivity contribution in [2.24, 2.45) is 0 Å². The van der Waals surface area contributed by atoms with Crippen molar-refractivity contribution in [3.63, 3.8) is 0 Å². The van der Waals surface area contributed by atoms with Crippen molar-refractivity contribution >= 4 is 10.0 Å². The summed E-state index contributed by atoms with van der Waals surface area (Å²) < 4.78 is 29.7. The van der Waals surface area contributed by atoms with E-state index in [1.807, 2.05) is 0 Å². The molecule has 0 aliphatic carbocycles. The van der Waals surface area contributed by atoms with Gasteiger partial charge in [-0.3, -0.25) is 0 Å². The van der Waals surface area contributed by atoms with Gasteiger partial charge in [-0.05, 0) is 13.8 Å². The summed E-state index contributed by atoms with van der Waals surface area (Å²) in [6.45, 7) is 4.64. The van der Waals surface area contributed by atoms with E-state index >= 15 is 0 Å². The first-order valence-corrected chi connectivity index (χ1v) is 6.75. The minimum absolute atomic E-state index is 0.501.